The van der Waals surface area contributed by atoms with Gasteiger partial charge < -0.3 is 10.1 Å². The second kappa shape index (κ2) is 5.09. The Balaban J connectivity index is 2.23. The van der Waals surface area contributed by atoms with Crippen molar-refractivity contribution in [3.05, 3.63) is 29.5 Å². The predicted molar refractivity (Wildman–Crippen MR) is 64.9 cm³/mol. The van der Waals surface area contributed by atoms with Gasteiger partial charge >= 0.3 is 0 Å². The normalized spacial score (nSPS) is 10.6. The molecule has 0 saturated heterocycles. The van der Waals surface area contributed by atoms with Crippen LogP contribution in [0.3, 0.4) is 0 Å². The molecule has 0 bridgehead atoms. The van der Waals surface area contributed by atoms with Gasteiger partial charge in [0.2, 0.25) is 0 Å². The quantitative estimate of drug-likeness (QED) is 0.830. The van der Waals surface area contributed by atoms with Gasteiger partial charge in [0.15, 0.2) is 0 Å². The van der Waals surface area contributed by atoms with E-state index in [1.807, 2.05) is 6.07 Å². The van der Waals surface area contributed by atoms with Crippen molar-refractivity contribution in [3.8, 4) is 0 Å². The van der Waals surface area contributed by atoms with E-state index in [1.165, 1.54) is 0 Å². The van der Waals surface area contributed by atoms with Gasteiger partial charge in [-0.05, 0) is 12.1 Å². The van der Waals surface area contributed by atoms with Crippen LogP contribution in [0.1, 0.15) is 0 Å². The third-order valence-electron chi connectivity index (χ3n) is 2.16. The largest absolute Gasteiger partial charge is 0.383 e. The molecule has 0 aliphatic heterocycles. The highest BCUT2D eigenvalue weighted by atomic mass is 35.5. The van der Waals surface area contributed by atoms with Crippen molar-refractivity contribution in [3.63, 3.8) is 0 Å². The summed E-state index contributed by atoms with van der Waals surface area (Å²) >= 11 is 5.99. The number of nitrogens with one attached hydrogen (secondary N) is 1. The van der Waals surface area contributed by atoms with Crippen molar-refractivity contribution < 1.29 is 4.74 Å². The van der Waals surface area contributed by atoms with E-state index in [9.17, 15) is 0 Å². The molecular formula is C11H12ClN3O. The van der Waals surface area contributed by atoms with Gasteiger partial charge in [-0.2, -0.15) is 0 Å². The summed E-state index contributed by atoms with van der Waals surface area (Å²) in [5.41, 5.74) is 2.43. The van der Waals surface area contributed by atoms with E-state index in [1.54, 1.807) is 25.6 Å². The third kappa shape index (κ3) is 2.40. The zero-order chi connectivity index (χ0) is 11.4. The van der Waals surface area contributed by atoms with E-state index in [-0.39, 0.29) is 0 Å². The van der Waals surface area contributed by atoms with Gasteiger partial charge in [0.1, 0.15) is 5.52 Å². The Hall–Kier alpha value is -1.39. The standard InChI is InChI=1S/C11H12ClN3O/c1-16-5-4-13-8-6-10-11(15-7-8)9(12)2-3-14-10/h2-3,6-7,13H,4-5H2,1H3. The number of halogens is 1. The van der Waals surface area contributed by atoms with Crippen LogP contribution in [0.5, 0.6) is 0 Å². The van der Waals surface area contributed by atoms with E-state index < -0.39 is 0 Å². The number of hydrogen-bond donors (Lipinski definition) is 1. The highest BCUT2D eigenvalue weighted by Gasteiger charge is 2.02. The Labute approximate surface area is 98.6 Å². The molecule has 0 spiro atoms. The first-order chi connectivity index (χ1) is 7.81. The molecule has 4 nitrogen and oxygen atoms in total. The van der Waals surface area contributed by atoms with Gasteiger partial charge in [-0.25, -0.2) is 0 Å². The van der Waals surface area contributed by atoms with Crippen molar-refractivity contribution in [1.82, 2.24) is 9.97 Å². The number of rotatable bonds is 4. The molecule has 16 heavy (non-hydrogen) atoms. The summed E-state index contributed by atoms with van der Waals surface area (Å²) in [7, 11) is 1.67. The molecule has 2 aromatic heterocycles. The summed E-state index contributed by atoms with van der Waals surface area (Å²) < 4.78 is 4.95. The second-order valence-corrected chi connectivity index (χ2v) is 3.71. The molecule has 0 atom stereocenters. The fourth-order valence-corrected chi connectivity index (χ4v) is 1.59. The molecule has 0 aliphatic carbocycles. The highest BCUT2D eigenvalue weighted by molar-refractivity contribution is 6.34. The number of methoxy groups -OCH3 is 1. The van der Waals surface area contributed by atoms with Crippen LogP contribution in [0.2, 0.25) is 5.02 Å². The number of pyridine rings is 2. The molecule has 0 fully saturated rings. The van der Waals surface area contributed by atoms with Crippen LogP contribution in [0.4, 0.5) is 5.69 Å². The molecule has 0 unspecified atom stereocenters. The molecular weight excluding hydrogens is 226 g/mol. The number of ether oxygens (including phenoxy) is 1. The van der Waals surface area contributed by atoms with Crippen LogP contribution in [0.15, 0.2) is 24.5 Å². The lowest BCUT2D eigenvalue weighted by molar-refractivity contribution is 0.211. The van der Waals surface area contributed by atoms with Crippen molar-refractivity contribution in [2.45, 2.75) is 0 Å². The van der Waals surface area contributed by atoms with Gasteiger partial charge in [-0.1, -0.05) is 11.6 Å². The van der Waals surface area contributed by atoms with Crippen molar-refractivity contribution in [1.29, 1.82) is 0 Å². The Morgan fingerprint density at radius 2 is 2.31 bits per heavy atom. The van der Waals surface area contributed by atoms with E-state index >= 15 is 0 Å². The Morgan fingerprint density at radius 1 is 1.44 bits per heavy atom. The molecule has 2 aromatic rings. The fraction of sp³-hybridized carbons (Fsp3) is 0.273. The Kier molecular flexibility index (Phi) is 3.54. The number of aromatic nitrogens is 2. The smallest absolute Gasteiger partial charge is 0.107 e. The molecule has 2 rings (SSSR count). The topological polar surface area (TPSA) is 47.0 Å². The number of nitrogens with zero attached hydrogens (tertiary/aromatic N) is 2. The molecule has 0 aromatic carbocycles. The first kappa shape index (κ1) is 11.1. The van der Waals surface area contributed by atoms with E-state index in [0.29, 0.717) is 11.6 Å². The van der Waals surface area contributed by atoms with Crippen LogP contribution in [-0.4, -0.2) is 30.2 Å². The maximum atomic E-state index is 5.99. The summed E-state index contributed by atoms with van der Waals surface area (Å²) in [6, 6.07) is 3.65. The monoisotopic (exact) mass is 237 g/mol. The predicted octanol–water partition coefficient (Wildman–Crippen LogP) is 2.34. The van der Waals surface area contributed by atoms with Crippen LogP contribution in [-0.2, 0) is 4.74 Å². The number of anilines is 1. The molecule has 0 saturated carbocycles. The van der Waals surface area contributed by atoms with Crippen LogP contribution < -0.4 is 5.32 Å². The summed E-state index contributed by atoms with van der Waals surface area (Å²) in [4.78, 5) is 8.47. The lowest BCUT2D eigenvalue weighted by Crippen LogP contribution is -2.07. The zero-order valence-electron chi connectivity index (χ0n) is 8.90. The van der Waals surface area contributed by atoms with Crippen LogP contribution in [0, 0.1) is 0 Å². The lowest BCUT2D eigenvalue weighted by atomic mass is 10.3. The van der Waals surface area contributed by atoms with Gasteiger partial charge in [0, 0.05) is 19.9 Å². The Bertz CT molecular complexity index is 490. The van der Waals surface area contributed by atoms with Crippen molar-refractivity contribution >= 4 is 28.3 Å². The minimum atomic E-state index is 0.619. The number of hydrogen-bond acceptors (Lipinski definition) is 4. The highest BCUT2D eigenvalue weighted by Crippen LogP contribution is 2.21. The maximum Gasteiger partial charge on any atom is 0.107 e. The minimum Gasteiger partial charge on any atom is -0.383 e. The summed E-state index contributed by atoms with van der Waals surface area (Å²) in [5.74, 6) is 0. The van der Waals surface area contributed by atoms with Gasteiger partial charge in [-0.15, -0.1) is 0 Å². The first-order valence-electron chi connectivity index (χ1n) is 4.94. The van der Waals surface area contributed by atoms with Gasteiger partial charge in [0.05, 0.1) is 29.0 Å². The lowest BCUT2D eigenvalue weighted by Gasteiger charge is -2.06. The first-order valence-corrected chi connectivity index (χ1v) is 5.32. The second-order valence-electron chi connectivity index (χ2n) is 3.30. The van der Waals surface area contributed by atoms with Crippen LogP contribution >= 0.6 is 11.6 Å². The molecule has 84 valence electrons. The van der Waals surface area contributed by atoms with Crippen molar-refractivity contribution in [2.75, 3.05) is 25.6 Å². The van der Waals surface area contributed by atoms with Gasteiger partial charge in [0.25, 0.3) is 0 Å². The molecule has 5 heteroatoms. The minimum absolute atomic E-state index is 0.619. The van der Waals surface area contributed by atoms with Gasteiger partial charge in [-0.3, -0.25) is 9.97 Å². The maximum absolute atomic E-state index is 5.99. The fourth-order valence-electron chi connectivity index (χ4n) is 1.39. The summed E-state index contributed by atoms with van der Waals surface area (Å²) in [6.07, 6.45) is 3.41. The Morgan fingerprint density at radius 3 is 3.12 bits per heavy atom. The van der Waals surface area contributed by atoms with E-state index in [2.05, 4.69) is 15.3 Å². The third-order valence-corrected chi connectivity index (χ3v) is 2.47. The van der Waals surface area contributed by atoms with E-state index in [4.69, 9.17) is 16.3 Å². The summed E-state index contributed by atoms with van der Waals surface area (Å²) in [5, 5.41) is 3.81. The molecule has 1 N–H and O–H groups in total. The SMILES string of the molecule is COCCNc1cnc2c(Cl)ccnc2c1. The molecule has 0 amide bonds. The average molecular weight is 238 g/mol. The average Bonchev–Trinajstić information content (AvgIpc) is 2.30. The summed E-state index contributed by atoms with van der Waals surface area (Å²) in [6.45, 7) is 1.39. The van der Waals surface area contributed by atoms with E-state index in [0.717, 1.165) is 23.3 Å². The zero-order valence-corrected chi connectivity index (χ0v) is 9.66. The molecule has 0 radical (unpaired) electrons. The number of fused-ring (bicyclic) bond motifs is 1. The molecule has 0 aliphatic rings. The van der Waals surface area contributed by atoms with Crippen LogP contribution in [0.25, 0.3) is 11.0 Å². The molecule has 2 heterocycles. The van der Waals surface area contributed by atoms with Crippen molar-refractivity contribution in [2.24, 2.45) is 0 Å².